The second-order valence-corrected chi connectivity index (χ2v) is 5.77. The summed E-state index contributed by atoms with van der Waals surface area (Å²) in [6.07, 6.45) is 13.2. The first-order valence-corrected chi connectivity index (χ1v) is 7.06. The molecule has 0 amide bonds. The summed E-state index contributed by atoms with van der Waals surface area (Å²) in [5.41, 5.74) is 0. The van der Waals surface area contributed by atoms with Crippen molar-refractivity contribution in [2.45, 2.75) is 89.8 Å². The monoisotopic (exact) mass is 209 g/mol. The van der Waals surface area contributed by atoms with Crippen LogP contribution >= 0.6 is 0 Å². The van der Waals surface area contributed by atoms with E-state index < -0.39 is 0 Å². The van der Waals surface area contributed by atoms with Gasteiger partial charge in [-0.25, -0.2) is 0 Å². The molecule has 15 heavy (non-hydrogen) atoms. The molecule has 0 aromatic rings. The van der Waals surface area contributed by atoms with E-state index in [-0.39, 0.29) is 0 Å². The van der Waals surface area contributed by atoms with Crippen molar-refractivity contribution in [2.24, 2.45) is 0 Å². The molecule has 2 aliphatic rings. The summed E-state index contributed by atoms with van der Waals surface area (Å²) in [7, 11) is 0. The molecule has 0 unspecified atom stereocenters. The predicted octanol–water partition coefficient (Wildman–Crippen LogP) is 3.97. The van der Waals surface area contributed by atoms with Crippen molar-refractivity contribution >= 4 is 0 Å². The summed E-state index contributed by atoms with van der Waals surface area (Å²) < 4.78 is 0. The highest BCUT2D eigenvalue weighted by molar-refractivity contribution is 4.86. The smallest absolute Gasteiger partial charge is 0.0101 e. The molecule has 0 aromatic heterocycles. The van der Waals surface area contributed by atoms with E-state index >= 15 is 0 Å². The van der Waals surface area contributed by atoms with Gasteiger partial charge in [-0.15, -0.1) is 0 Å². The molecule has 0 bridgehead atoms. The first-order chi connectivity index (χ1) is 7.29. The van der Waals surface area contributed by atoms with Crippen LogP contribution in [0, 0.1) is 0 Å². The lowest BCUT2D eigenvalue weighted by Gasteiger charge is -2.41. The van der Waals surface area contributed by atoms with Crippen LogP contribution in [-0.4, -0.2) is 23.0 Å². The summed E-state index contributed by atoms with van der Waals surface area (Å²) in [6, 6.07) is 2.60. The van der Waals surface area contributed by atoms with Gasteiger partial charge in [0.05, 0.1) is 0 Å². The van der Waals surface area contributed by atoms with Crippen LogP contribution in [0.5, 0.6) is 0 Å². The van der Waals surface area contributed by atoms with E-state index in [1.165, 1.54) is 57.8 Å². The molecule has 0 heterocycles. The van der Waals surface area contributed by atoms with E-state index in [2.05, 4.69) is 18.7 Å². The molecule has 2 saturated carbocycles. The molecule has 2 fully saturated rings. The zero-order valence-corrected chi connectivity index (χ0v) is 10.5. The molecule has 0 N–H and O–H groups in total. The Labute approximate surface area is 95.2 Å². The van der Waals surface area contributed by atoms with E-state index in [0.29, 0.717) is 0 Å². The molecular formula is C14H27N. The average molecular weight is 209 g/mol. The molecule has 0 radical (unpaired) electrons. The molecule has 0 saturated heterocycles. The Hall–Kier alpha value is -0.0400. The Balaban J connectivity index is 1.97. The lowest BCUT2D eigenvalue weighted by molar-refractivity contribution is 0.0729. The molecule has 88 valence electrons. The fraction of sp³-hybridized carbons (Fsp3) is 1.00. The van der Waals surface area contributed by atoms with Crippen LogP contribution in [0.3, 0.4) is 0 Å². The van der Waals surface area contributed by atoms with Crippen molar-refractivity contribution in [3.05, 3.63) is 0 Å². The third-order valence-electron chi connectivity index (χ3n) is 4.34. The highest BCUT2D eigenvalue weighted by Gasteiger charge is 2.30. The van der Waals surface area contributed by atoms with E-state index in [1.807, 2.05) is 0 Å². The summed E-state index contributed by atoms with van der Waals surface area (Å²) in [5, 5.41) is 0. The number of hydrogen-bond acceptors (Lipinski definition) is 1. The van der Waals surface area contributed by atoms with Gasteiger partial charge in [-0.2, -0.15) is 0 Å². The third-order valence-corrected chi connectivity index (χ3v) is 4.34. The molecule has 2 rings (SSSR count). The maximum Gasteiger partial charge on any atom is 0.0101 e. The van der Waals surface area contributed by atoms with Crippen LogP contribution in [0.25, 0.3) is 0 Å². The quantitative estimate of drug-likeness (QED) is 0.680. The van der Waals surface area contributed by atoms with Gasteiger partial charge in [-0.05, 0) is 39.5 Å². The third kappa shape index (κ3) is 2.75. The van der Waals surface area contributed by atoms with Crippen molar-refractivity contribution in [2.75, 3.05) is 0 Å². The Kier molecular flexibility index (Phi) is 4.07. The minimum absolute atomic E-state index is 0.760. The lowest BCUT2D eigenvalue weighted by Crippen LogP contribution is -2.47. The maximum absolute atomic E-state index is 2.87. The topological polar surface area (TPSA) is 3.24 Å². The van der Waals surface area contributed by atoms with Crippen LogP contribution in [0.15, 0.2) is 0 Å². The van der Waals surface area contributed by atoms with Crippen molar-refractivity contribution in [1.29, 1.82) is 0 Å². The Morgan fingerprint density at radius 2 is 1.13 bits per heavy atom. The Bertz CT molecular complexity index is 176. The van der Waals surface area contributed by atoms with Crippen LogP contribution in [0.1, 0.15) is 71.6 Å². The van der Waals surface area contributed by atoms with Crippen molar-refractivity contribution in [3.63, 3.8) is 0 Å². The zero-order chi connectivity index (χ0) is 10.7. The summed E-state index contributed by atoms with van der Waals surface area (Å²) >= 11 is 0. The highest BCUT2D eigenvalue weighted by Crippen LogP contribution is 2.32. The van der Waals surface area contributed by atoms with Crippen molar-refractivity contribution in [1.82, 2.24) is 4.90 Å². The minimum atomic E-state index is 0.760. The summed E-state index contributed by atoms with van der Waals surface area (Å²) in [4.78, 5) is 2.87. The molecule has 0 aliphatic heterocycles. The standard InChI is InChI=1S/C14H27N/c1-12(2)15(14-10-6-7-11-14)13-8-4-3-5-9-13/h12-14H,3-11H2,1-2H3. The Morgan fingerprint density at radius 3 is 1.53 bits per heavy atom. The van der Waals surface area contributed by atoms with E-state index in [9.17, 15) is 0 Å². The number of rotatable bonds is 3. The van der Waals surface area contributed by atoms with Crippen LogP contribution in [0.2, 0.25) is 0 Å². The van der Waals surface area contributed by atoms with Crippen LogP contribution in [0.4, 0.5) is 0 Å². The van der Waals surface area contributed by atoms with Crippen LogP contribution < -0.4 is 0 Å². The molecule has 2 aliphatic carbocycles. The van der Waals surface area contributed by atoms with Gasteiger partial charge < -0.3 is 0 Å². The lowest BCUT2D eigenvalue weighted by atomic mass is 9.92. The largest absolute Gasteiger partial charge is 0.295 e. The second kappa shape index (κ2) is 5.34. The molecule has 0 atom stereocenters. The average Bonchev–Trinajstić information content (AvgIpc) is 2.72. The molecule has 0 aromatic carbocycles. The van der Waals surface area contributed by atoms with Gasteiger partial charge >= 0.3 is 0 Å². The van der Waals surface area contributed by atoms with E-state index in [0.717, 1.165) is 18.1 Å². The highest BCUT2D eigenvalue weighted by atomic mass is 15.2. The fourth-order valence-corrected chi connectivity index (χ4v) is 3.72. The first kappa shape index (κ1) is 11.4. The molecular weight excluding hydrogens is 182 g/mol. The van der Waals surface area contributed by atoms with E-state index in [4.69, 9.17) is 0 Å². The Morgan fingerprint density at radius 1 is 0.733 bits per heavy atom. The summed E-state index contributed by atoms with van der Waals surface area (Å²) in [6.45, 7) is 4.79. The predicted molar refractivity (Wildman–Crippen MR) is 66.1 cm³/mol. The number of hydrogen-bond donors (Lipinski definition) is 0. The van der Waals surface area contributed by atoms with Gasteiger partial charge in [0.25, 0.3) is 0 Å². The number of nitrogens with zero attached hydrogens (tertiary/aromatic N) is 1. The maximum atomic E-state index is 2.87. The fourth-order valence-electron chi connectivity index (χ4n) is 3.72. The van der Waals surface area contributed by atoms with Gasteiger partial charge in [-0.3, -0.25) is 4.90 Å². The molecule has 1 nitrogen and oxygen atoms in total. The molecule has 1 heteroatoms. The van der Waals surface area contributed by atoms with Gasteiger partial charge in [-0.1, -0.05) is 32.1 Å². The van der Waals surface area contributed by atoms with Gasteiger partial charge in [0.15, 0.2) is 0 Å². The van der Waals surface area contributed by atoms with E-state index in [1.54, 1.807) is 0 Å². The van der Waals surface area contributed by atoms with Crippen LogP contribution in [-0.2, 0) is 0 Å². The normalized spacial score (nSPS) is 25.6. The minimum Gasteiger partial charge on any atom is -0.295 e. The molecule has 0 spiro atoms. The van der Waals surface area contributed by atoms with Gasteiger partial charge in [0.2, 0.25) is 0 Å². The van der Waals surface area contributed by atoms with Crippen molar-refractivity contribution < 1.29 is 0 Å². The zero-order valence-electron chi connectivity index (χ0n) is 10.5. The summed E-state index contributed by atoms with van der Waals surface area (Å²) in [5.74, 6) is 0. The SMILES string of the molecule is CC(C)N(C1CCCCC1)C1CCCC1. The second-order valence-electron chi connectivity index (χ2n) is 5.77. The van der Waals surface area contributed by atoms with Gasteiger partial charge in [0.1, 0.15) is 0 Å². The first-order valence-electron chi connectivity index (χ1n) is 7.06. The van der Waals surface area contributed by atoms with Crippen molar-refractivity contribution in [3.8, 4) is 0 Å². The van der Waals surface area contributed by atoms with Gasteiger partial charge in [0, 0.05) is 18.1 Å².